The van der Waals surface area contributed by atoms with Crippen LogP contribution in [0, 0.1) is 18.6 Å². The van der Waals surface area contributed by atoms with Gasteiger partial charge in [-0.2, -0.15) is 0 Å². The van der Waals surface area contributed by atoms with Crippen molar-refractivity contribution < 1.29 is 18.4 Å². The molecule has 1 saturated heterocycles. The molecule has 7 heteroatoms. The van der Waals surface area contributed by atoms with Gasteiger partial charge in [0.2, 0.25) is 5.91 Å². The zero-order chi connectivity index (χ0) is 21.0. The Kier molecular flexibility index (Phi) is 6.59. The fourth-order valence-corrected chi connectivity index (χ4v) is 3.34. The van der Waals surface area contributed by atoms with E-state index in [1.54, 1.807) is 36.1 Å². The molecule has 1 fully saturated rings. The molecule has 2 amide bonds. The van der Waals surface area contributed by atoms with Gasteiger partial charge in [-0.25, -0.2) is 8.78 Å². The van der Waals surface area contributed by atoms with Crippen LogP contribution in [0.4, 0.5) is 8.78 Å². The summed E-state index contributed by atoms with van der Waals surface area (Å²) in [4.78, 5) is 28.5. The van der Waals surface area contributed by atoms with E-state index in [0.717, 1.165) is 5.56 Å². The van der Waals surface area contributed by atoms with Gasteiger partial charge < -0.3 is 10.2 Å². The van der Waals surface area contributed by atoms with Crippen molar-refractivity contribution in [1.29, 1.82) is 0 Å². The van der Waals surface area contributed by atoms with Crippen LogP contribution < -0.4 is 5.32 Å². The molecule has 5 nitrogen and oxygen atoms in total. The first-order valence-corrected chi connectivity index (χ1v) is 9.66. The number of amides is 2. The van der Waals surface area contributed by atoms with Gasteiger partial charge in [0.25, 0.3) is 5.91 Å². The number of piperazine rings is 1. The molecule has 1 heterocycles. The highest BCUT2D eigenvalue weighted by Crippen LogP contribution is 2.14. The van der Waals surface area contributed by atoms with Crippen molar-refractivity contribution in [1.82, 2.24) is 15.1 Å². The first-order chi connectivity index (χ1) is 13.8. The van der Waals surface area contributed by atoms with E-state index >= 15 is 0 Å². The van der Waals surface area contributed by atoms with Gasteiger partial charge in [-0.3, -0.25) is 14.5 Å². The zero-order valence-electron chi connectivity index (χ0n) is 16.6. The molecule has 1 N–H and O–H groups in total. The van der Waals surface area contributed by atoms with Crippen molar-refractivity contribution in [2.24, 2.45) is 0 Å². The molecule has 0 saturated carbocycles. The van der Waals surface area contributed by atoms with Gasteiger partial charge in [0, 0.05) is 31.7 Å². The number of halogens is 2. The third kappa shape index (κ3) is 5.38. The van der Waals surface area contributed by atoms with E-state index in [1.165, 1.54) is 18.2 Å². The summed E-state index contributed by atoms with van der Waals surface area (Å²) in [5, 5.41) is 2.91. The predicted molar refractivity (Wildman–Crippen MR) is 106 cm³/mol. The van der Waals surface area contributed by atoms with E-state index in [1.807, 2.05) is 11.8 Å². The Morgan fingerprint density at radius 2 is 1.69 bits per heavy atom. The average Bonchev–Trinajstić information content (AvgIpc) is 2.70. The maximum Gasteiger partial charge on any atom is 0.254 e. The van der Waals surface area contributed by atoms with Crippen molar-refractivity contribution in [2.75, 3.05) is 32.7 Å². The normalized spacial score (nSPS) is 15.8. The van der Waals surface area contributed by atoms with Gasteiger partial charge in [0.15, 0.2) is 0 Å². The number of carbonyl (C=O) groups is 2. The minimum atomic E-state index is -0.388. The molecule has 0 radical (unpaired) electrons. The predicted octanol–water partition coefficient (Wildman–Crippen LogP) is 2.91. The molecule has 154 valence electrons. The molecular weight excluding hydrogens is 376 g/mol. The number of benzene rings is 2. The largest absolute Gasteiger partial charge is 0.348 e. The lowest BCUT2D eigenvalue weighted by atomic mass is 10.1. The number of carbonyl (C=O) groups excluding carboxylic acids is 2. The number of hydrogen-bond acceptors (Lipinski definition) is 3. The minimum absolute atomic E-state index is 0.123. The summed E-state index contributed by atoms with van der Waals surface area (Å²) in [6.45, 7) is 5.83. The third-order valence-corrected chi connectivity index (χ3v) is 5.19. The van der Waals surface area contributed by atoms with Crippen LogP contribution in [0.3, 0.4) is 0 Å². The highest BCUT2D eigenvalue weighted by atomic mass is 19.1. The molecule has 29 heavy (non-hydrogen) atoms. The maximum absolute atomic E-state index is 13.7. The van der Waals surface area contributed by atoms with Crippen LogP contribution >= 0.6 is 0 Å². The standard InChI is InChI=1S/C22H25F2N3O2/c1-15-3-4-18(13-20(15)24)22(29)27-11-9-26(10-12-27)14-21(28)25-16(2)17-5-7-19(23)8-6-17/h3-8,13,16H,9-12,14H2,1-2H3,(H,25,28). The molecule has 0 bridgehead atoms. The summed E-state index contributed by atoms with van der Waals surface area (Å²) in [6, 6.07) is 10.3. The van der Waals surface area contributed by atoms with E-state index in [-0.39, 0.29) is 36.0 Å². The topological polar surface area (TPSA) is 52.7 Å². The van der Waals surface area contributed by atoms with Crippen molar-refractivity contribution in [3.8, 4) is 0 Å². The Hall–Kier alpha value is -2.80. The molecule has 1 aliphatic heterocycles. The molecule has 3 rings (SSSR count). The Morgan fingerprint density at radius 1 is 1.03 bits per heavy atom. The fourth-order valence-electron chi connectivity index (χ4n) is 3.34. The highest BCUT2D eigenvalue weighted by Gasteiger charge is 2.24. The van der Waals surface area contributed by atoms with Gasteiger partial charge in [0.05, 0.1) is 12.6 Å². The van der Waals surface area contributed by atoms with Crippen LogP contribution in [-0.4, -0.2) is 54.3 Å². The Bertz CT molecular complexity index is 878. The van der Waals surface area contributed by atoms with E-state index < -0.39 is 0 Å². The Morgan fingerprint density at radius 3 is 2.31 bits per heavy atom. The molecule has 0 aromatic heterocycles. The summed E-state index contributed by atoms with van der Waals surface area (Å²) in [6.07, 6.45) is 0. The van der Waals surface area contributed by atoms with Crippen LogP contribution in [0.1, 0.15) is 34.5 Å². The van der Waals surface area contributed by atoms with Crippen molar-refractivity contribution in [3.05, 3.63) is 70.8 Å². The molecule has 2 aromatic rings. The van der Waals surface area contributed by atoms with Crippen molar-refractivity contribution >= 4 is 11.8 Å². The second-order valence-corrected chi connectivity index (χ2v) is 7.37. The first-order valence-electron chi connectivity index (χ1n) is 9.66. The number of nitrogens with one attached hydrogen (secondary N) is 1. The van der Waals surface area contributed by atoms with E-state index in [4.69, 9.17) is 0 Å². The second-order valence-electron chi connectivity index (χ2n) is 7.37. The van der Waals surface area contributed by atoms with Crippen LogP contribution in [0.2, 0.25) is 0 Å². The lowest BCUT2D eigenvalue weighted by Gasteiger charge is -2.34. The Labute approximate surface area is 169 Å². The van der Waals surface area contributed by atoms with Crippen molar-refractivity contribution in [3.63, 3.8) is 0 Å². The first kappa shape index (κ1) is 20.9. The molecule has 0 aliphatic carbocycles. The number of rotatable bonds is 5. The molecule has 1 unspecified atom stereocenters. The van der Waals surface area contributed by atoms with Gasteiger partial charge in [0.1, 0.15) is 11.6 Å². The highest BCUT2D eigenvalue weighted by molar-refractivity contribution is 5.94. The van der Waals surface area contributed by atoms with E-state index in [2.05, 4.69) is 5.32 Å². The molecule has 2 aromatic carbocycles. The molecule has 1 atom stereocenters. The average molecular weight is 401 g/mol. The molecule has 1 aliphatic rings. The van der Waals surface area contributed by atoms with Crippen LogP contribution in [0.25, 0.3) is 0 Å². The van der Waals surface area contributed by atoms with Gasteiger partial charge >= 0.3 is 0 Å². The lowest BCUT2D eigenvalue weighted by Crippen LogP contribution is -2.51. The van der Waals surface area contributed by atoms with Crippen LogP contribution in [0.15, 0.2) is 42.5 Å². The Balaban J connectivity index is 1.47. The number of hydrogen-bond donors (Lipinski definition) is 1. The summed E-state index contributed by atoms with van der Waals surface area (Å²) < 4.78 is 26.7. The van der Waals surface area contributed by atoms with Crippen molar-refractivity contribution in [2.45, 2.75) is 19.9 Å². The van der Waals surface area contributed by atoms with Gasteiger partial charge in [-0.05, 0) is 49.2 Å². The smallest absolute Gasteiger partial charge is 0.254 e. The summed E-state index contributed by atoms with van der Waals surface area (Å²) >= 11 is 0. The quantitative estimate of drug-likeness (QED) is 0.838. The third-order valence-electron chi connectivity index (χ3n) is 5.19. The van der Waals surface area contributed by atoms with Gasteiger partial charge in [-0.15, -0.1) is 0 Å². The van der Waals surface area contributed by atoms with Crippen LogP contribution in [0.5, 0.6) is 0 Å². The fraction of sp³-hybridized carbons (Fsp3) is 0.364. The summed E-state index contributed by atoms with van der Waals surface area (Å²) in [5.41, 5.74) is 1.68. The summed E-state index contributed by atoms with van der Waals surface area (Å²) in [7, 11) is 0. The van der Waals surface area contributed by atoms with Gasteiger partial charge in [-0.1, -0.05) is 18.2 Å². The minimum Gasteiger partial charge on any atom is -0.348 e. The maximum atomic E-state index is 13.7. The molecular formula is C22H25F2N3O2. The number of aryl methyl sites for hydroxylation is 1. The second kappa shape index (κ2) is 9.13. The van der Waals surface area contributed by atoms with Crippen LogP contribution in [-0.2, 0) is 4.79 Å². The van der Waals surface area contributed by atoms with E-state index in [9.17, 15) is 18.4 Å². The molecule has 0 spiro atoms. The monoisotopic (exact) mass is 401 g/mol. The lowest BCUT2D eigenvalue weighted by molar-refractivity contribution is -0.123. The SMILES string of the molecule is Cc1ccc(C(=O)N2CCN(CC(=O)NC(C)c3ccc(F)cc3)CC2)cc1F. The zero-order valence-corrected chi connectivity index (χ0v) is 16.6. The van der Waals surface area contributed by atoms with E-state index in [0.29, 0.717) is 37.3 Å². The number of nitrogens with zero attached hydrogens (tertiary/aromatic N) is 2. The summed E-state index contributed by atoms with van der Waals surface area (Å²) in [5.74, 6) is -1.02.